The Kier molecular flexibility index (Phi) is 6.38. The van der Waals surface area contributed by atoms with E-state index in [-0.39, 0.29) is 39.1 Å². The summed E-state index contributed by atoms with van der Waals surface area (Å²) in [6.45, 7) is 19.9. The molecule has 0 saturated heterocycles. The van der Waals surface area contributed by atoms with Gasteiger partial charge < -0.3 is 9.84 Å². The summed E-state index contributed by atoms with van der Waals surface area (Å²) >= 11 is 0. The zero-order valence-electron chi connectivity index (χ0n) is 24.6. The van der Waals surface area contributed by atoms with Gasteiger partial charge in [0.2, 0.25) is 0 Å². The third-order valence-corrected chi connectivity index (χ3v) is 13.8. The van der Waals surface area contributed by atoms with E-state index in [1.54, 1.807) is 5.57 Å². The summed E-state index contributed by atoms with van der Waals surface area (Å²) in [5, 5.41) is 11.0. The molecule has 1 N–H and O–H groups in total. The molecule has 0 spiro atoms. The molecule has 0 aromatic rings. The minimum absolute atomic E-state index is 0.0166. The van der Waals surface area contributed by atoms with E-state index in [9.17, 15) is 9.90 Å². The van der Waals surface area contributed by atoms with Gasteiger partial charge in [0.25, 0.3) is 0 Å². The number of aliphatic hydroxyl groups excluding tert-OH is 1. The van der Waals surface area contributed by atoms with E-state index in [4.69, 9.17) is 4.74 Å². The molecule has 5 rings (SSSR count). The van der Waals surface area contributed by atoms with Crippen LogP contribution in [-0.2, 0) is 9.53 Å². The highest BCUT2D eigenvalue weighted by molar-refractivity contribution is 5.79. The summed E-state index contributed by atoms with van der Waals surface area (Å²) < 4.78 is 5.95. The molecule has 0 bridgehead atoms. The lowest BCUT2D eigenvalue weighted by Gasteiger charge is -2.71. The van der Waals surface area contributed by atoms with Crippen molar-refractivity contribution >= 4 is 5.97 Å². The molecule has 10 atom stereocenters. The first-order chi connectivity index (χ1) is 16.8. The number of hydrogen-bond donors (Lipinski definition) is 1. The van der Waals surface area contributed by atoms with E-state index in [0.29, 0.717) is 36.2 Å². The molecule has 3 nitrogen and oxygen atoms in total. The van der Waals surface area contributed by atoms with Crippen molar-refractivity contribution < 1.29 is 14.6 Å². The number of rotatable bonds is 3. The summed E-state index contributed by atoms with van der Waals surface area (Å²) in [5.74, 6) is 2.78. The van der Waals surface area contributed by atoms with Crippen LogP contribution in [0.3, 0.4) is 0 Å². The van der Waals surface area contributed by atoms with Crippen LogP contribution >= 0.6 is 0 Å². The number of carbonyl (C=O) groups excluding carboxylic acids is 1. The van der Waals surface area contributed by atoms with Crippen molar-refractivity contribution in [3.8, 4) is 0 Å². The maximum atomic E-state index is 13.8. The Morgan fingerprint density at radius 2 is 1.69 bits per heavy atom. The Labute approximate surface area is 221 Å². The third kappa shape index (κ3) is 3.29. The lowest BCUT2D eigenvalue weighted by molar-refractivity contribution is -0.207. The van der Waals surface area contributed by atoms with Crippen LogP contribution in [0.4, 0.5) is 0 Å². The molecule has 5 aliphatic carbocycles. The standard InChI is InChI=1S/C33H54O3/c1-9-20-36-28(35)33-17-12-21(2)22(3)27(33)23-10-11-25-30(6)15-14-26(34)29(4,5)24(30)13-16-32(25,8)31(23,7)18-19-33/h10,21-22,24-27,34H,9,11-20H2,1-8H3/t21-,22+,24?,25?,26+,27?,30+,31-,32-,33+/m1/s1. The van der Waals surface area contributed by atoms with E-state index >= 15 is 0 Å². The van der Waals surface area contributed by atoms with Crippen LogP contribution in [0.1, 0.15) is 120 Å². The second-order valence-corrected chi connectivity index (χ2v) is 15.3. The fourth-order valence-electron chi connectivity index (χ4n) is 11.2. The molecular formula is C33H54O3. The lowest BCUT2D eigenvalue weighted by atomic mass is 9.33. The largest absolute Gasteiger partial charge is 0.465 e. The molecular weight excluding hydrogens is 444 g/mol. The fourth-order valence-corrected chi connectivity index (χ4v) is 11.2. The van der Waals surface area contributed by atoms with Crippen LogP contribution < -0.4 is 0 Å². The quantitative estimate of drug-likeness (QED) is 0.317. The van der Waals surface area contributed by atoms with E-state index in [0.717, 1.165) is 51.4 Å². The number of hydrogen-bond acceptors (Lipinski definition) is 3. The first-order valence-corrected chi connectivity index (χ1v) is 15.4. The van der Waals surface area contributed by atoms with Gasteiger partial charge in [0.05, 0.1) is 18.1 Å². The van der Waals surface area contributed by atoms with Crippen molar-refractivity contribution in [2.45, 2.75) is 126 Å². The number of fused-ring (bicyclic) bond motifs is 7. The summed E-state index contributed by atoms with van der Waals surface area (Å²) in [5.41, 5.74) is 1.92. The molecule has 36 heavy (non-hydrogen) atoms. The molecule has 0 amide bonds. The van der Waals surface area contributed by atoms with E-state index in [1.165, 1.54) is 12.8 Å². The minimum atomic E-state index is -0.326. The topological polar surface area (TPSA) is 46.5 Å². The van der Waals surface area contributed by atoms with Gasteiger partial charge in [-0.05, 0) is 115 Å². The lowest BCUT2D eigenvalue weighted by Crippen LogP contribution is -2.65. The van der Waals surface area contributed by atoms with Crippen LogP contribution in [0.25, 0.3) is 0 Å². The van der Waals surface area contributed by atoms with Crippen molar-refractivity contribution in [2.75, 3.05) is 6.61 Å². The summed E-state index contributed by atoms with van der Waals surface area (Å²) in [6.07, 6.45) is 13.3. The van der Waals surface area contributed by atoms with E-state index in [2.05, 4.69) is 61.5 Å². The van der Waals surface area contributed by atoms with Gasteiger partial charge in [-0.25, -0.2) is 0 Å². The predicted molar refractivity (Wildman–Crippen MR) is 146 cm³/mol. The van der Waals surface area contributed by atoms with Gasteiger partial charge >= 0.3 is 5.97 Å². The van der Waals surface area contributed by atoms with Crippen LogP contribution in [0.5, 0.6) is 0 Å². The predicted octanol–water partition coefficient (Wildman–Crippen LogP) is 7.96. The molecule has 204 valence electrons. The molecule has 4 saturated carbocycles. The van der Waals surface area contributed by atoms with E-state index in [1.807, 2.05) is 0 Å². The number of ether oxygens (including phenoxy) is 1. The smallest absolute Gasteiger partial charge is 0.312 e. The second kappa shape index (κ2) is 8.59. The molecule has 0 heterocycles. The van der Waals surface area contributed by atoms with Crippen LogP contribution in [0.15, 0.2) is 11.6 Å². The molecule has 3 unspecified atom stereocenters. The Hall–Kier alpha value is -0.830. The molecule has 5 aliphatic rings. The minimum Gasteiger partial charge on any atom is -0.465 e. The van der Waals surface area contributed by atoms with Crippen molar-refractivity contribution in [3.05, 3.63) is 11.6 Å². The van der Waals surface area contributed by atoms with Crippen molar-refractivity contribution in [1.82, 2.24) is 0 Å². The van der Waals surface area contributed by atoms with Gasteiger partial charge in [-0.1, -0.05) is 67.0 Å². The van der Waals surface area contributed by atoms with Crippen molar-refractivity contribution in [2.24, 2.45) is 56.7 Å². The van der Waals surface area contributed by atoms with Crippen molar-refractivity contribution in [1.29, 1.82) is 0 Å². The summed E-state index contributed by atoms with van der Waals surface area (Å²) in [6, 6.07) is 0. The highest BCUT2D eigenvalue weighted by atomic mass is 16.5. The molecule has 4 fully saturated rings. The van der Waals surface area contributed by atoms with E-state index < -0.39 is 0 Å². The first-order valence-electron chi connectivity index (χ1n) is 15.4. The van der Waals surface area contributed by atoms with Crippen LogP contribution in [0, 0.1) is 56.7 Å². The maximum absolute atomic E-state index is 13.8. The second-order valence-electron chi connectivity index (χ2n) is 15.3. The first kappa shape index (κ1) is 26.8. The Balaban J connectivity index is 1.58. The average molecular weight is 499 g/mol. The van der Waals surface area contributed by atoms with Gasteiger partial charge in [0, 0.05) is 0 Å². The fraction of sp³-hybridized carbons (Fsp3) is 0.909. The summed E-state index contributed by atoms with van der Waals surface area (Å²) in [4.78, 5) is 13.8. The van der Waals surface area contributed by atoms with Gasteiger partial charge in [-0.2, -0.15) is 0 Å². The van der Waals surface area contributed by atoms with Crippen LogP contribution in [-0.4, -0.2) is 23.8 Å². The highest BCUT2D eigenvalue weighted by Crippen LogP contribution is 2.75. The Morgan fingerprint density at radius 3 is 2.39 bits per heavy atom. The Bertz CT molecular complexity index is 920. The molecule has 3 heteroatoms. The van der Waals surface area contributed by atoms with Crippen molar-refractivity contribution in [3.63, 3.8) is 0 Å². The monoisotopic (exact) mass is 498 g/mol. The third-order valence-electron chi connectivity index (χ3n) is 13.8. The number of aliphatic hydroxyl groups is 1. The number of esters is 1. The summed E-state index contributed by atoms with van der Waals surface area (Å²) in [7, 11) is 0. The molecule has 0 aromatic heterocycles. The Morgan fingerprint density at radius 1 is 0.972 bits per heavy atom. The molecule has 0 aliphatic heterocycles. The molecule has 0 radical (unpaired) electrons. The normalized spacial score (nSPS) is 51.6. The molecule has 0 aromatic carbocycles. The van der Waals surface area contributed by atoms with Gasteiger partial charge in [0.1, 0.15) is 0 Å². The zero-order chi connectivity index (χ0) is 26.3. The van der Waals surface area contributed by atoms with Gasteiger partial charge in [-0.3, -0.25) is 4.79 Å². The van der Waals surface area contributed by atoms with Gasteiger partial charge in [-0.15, -0.1) is 0 Å². The number of carbonyl (C=O) groups is 1. The highest BCUT2D eigenvalue weighted by Gasteiger charge is 2.69. The SMILES string of the molecule is CCCOC(=O)[C@]12CC[C@@H](C)[C@H](C)C1C1=CCC3[C@@]4(C)CC[C@H](O)C(C)(C)C4CC[C@@]3(C)[C@]1(C)CC2. The number of allylic oxidation sites excluding steroid dienone is 2. The zero-order valence-corrected chi connectivity index (χ0v) is 24.6. The van der Waals surface area contributed by atoms with Gasteiger partial charge in [0.15, 0.2) is 0 Å². The average Bonchev–Trinajstić information content (AvgIpc) is 2.83. The van der Waals surface area contributed by atoms with Crippen LogP contribution in [0.2, 0.25) is 0 Å². The maximum Gasteiger partial charge on any atom is 0.312 e.